The quantitative estimate of drug-likeness (QED) is 0.875. The van der Waals surface area contributed by atoms with E-state index in [1.807, 2.05) is 49.4 Å². The van der Waals surface area contributed by atoms with E-state index in [9.17, 15) is 4.79 Å². The highest BCUT2D eigenvalue weighted by Crippen LogP contribution is 2.07. The van der Waals surface area contributed by atoms with Gasteiger partial charge in [-0.1, -0.05) is 42.0 Å². The van der Waals surface area contributed by atoms with E-state index in [0.29, 0.717) is 18.7 Å². The van der Waals surface area contributed by atoms with Gasteiger partial charge in [-0.25, -0.2) is 0 Å². The van der Waals surface area contributed by atoms with Crippen molar-refractivity contribution in [3.8, 4) is 0 Å². The van der Waals surface area contributed by atoms with Crippen LogP contribution in [0.4, 0.5) is 0 Å². The van der Waals surface area contributed by atoms with Crippen LogP contribution in [0.5, 0.6) is 0 Å². The molecule has 0 aliphatic heterocycles. The van der Waals surface area contributed by atoms with Gasteiger partial charge < -0.3 is 11.1 Å². The summed E-state index contributed by atoms with van der Waals surface area (Å²) in [5, 5.41) is 2.93. The van der Waals surface area contributed by atoms with Crippen LogP contribution >= 0.6 is 0 Å². The lowest BCUT2D eigenvalue weighted by atomic mass is 10.1. The van der Waals surface area contributed by atoms with Crippen LogP contribution in [0.25, 0.3) is 0 Å². The SMILES string of the molecule is Cc1cccc(CNC(=O)c2ccc(CCN)cc2)c1. The monoisotopic (exact) mass is 268 g/mol. The molecule has 3 nitrogen and oxygen atoms in total. The first-order valence-corrected chi connectivity index (χ1v) is 6.82. The van der Waals surface area contributed by atoms with Gasteiger partial charge in [0.2, 0.25) is 0 Å². The molecule has 1 amide bonds. The summed E-state index contributed by atoms with van der Waals surface area (Å²) >= 11 is 0. The molecular formula is C17H20N2O. The van der Waals surface area contributed by atoms with Crippen molar-refractivity contribution in [2.75, 3.05) is 6.54 Å². The van der Waals surface area contributed by atoms with Crippen molar-refractivity contribution in [3.05, 3.63) is 70.8 Å². The highest BCUT2D eigenvalue weighted by Gasteiger charge is 2.05. The molecule has 0 unspecified atom stereocenters. The Hall–Kier alpha value is -2.13. The van der Waals surface area contributed by atoms with Crippen LogP contribution in [0.15, 0.2) is 48.5 Å². The summed E-state index contributed by atoms with van der Waals surface area (Å²) in [6, 6.07) is 15.7. The Morgan fingerprint density at radius 3 is 2.50 bits per heavy atom. The topological polar surface area (TPSA) is 55.1 Å². The number of carbonyl (C=O) groups excluding carboxylic acids is 1. The fraction of sp³-hybridized carbons (Fsp3) is 0.235. The van der Waals surface area contributed by atoms with Crippen molar-refractivity contribution in [2.24, 2.45) is 5.73 Å². The number of benzene rings is 2. The molecule has 0 aliphatic rings. The molecule has 0 heterocycles. The Labute approximate surface area is 119 Å². The number of amides is 1. The molecule has 0 spiro atoms. The van der Waals surface area contributed by atoms with Gasteiger partial charge in [0.15, 0.2) is 0 Å². The number of rotatable bonds is 5. The van der Waals surface area contributed by atoms with Crippen molar-refractivity contribution in [3.63, 3.8) is 0 Å². The fourth-order valence-corrected chi connectivity index (χ4v) is 2.10. The third-order valence-corrected chi connectivity index (χ3v) is 3.18. The summed E-state index contributed by atoms with van der Waals surface area (Å²) in [5.41, 5.74) is 9.64. The minimum atomic E-state index is -0.0502. The van der Waals surface area contributed by atoms with Crippen LogP contribution in [0.1, 0.15) is 27.0 Å². The number of nitrogens with one attached hydrogen (secondary N) is 1. The molecule has 2 rings (SSSR count). The molecule has 0 saturated carbocycles. The van der Waals surface area contributed by atoms with Crippen molar-refractivity contribution >= 4 is 5.91 Å². The van der Waals surface area contributed by atoms with Crippen LogP contribution in [0.2, 0.25) is 0 Å². The number of nitrogens with two attached hydrogens (primary N) is 1. The predicted molar refractivity (Wildman–Crippen MR) is 81.5 cm³/mol. The third-order valence-electron chi connectivity index (χ3n) is 3.18. The lowest BCUT2D eigenvalue weighted by molar-refractivity contribution is 0.0951. The second kappa shape index (κ2) is 6.87. The van der Waals surface area contributed by atoms with E-state index in [1.54, 1.807) is 0 Å². The van der Waals surface area contributed by atoms with Crippen LogP contribution < -0.4 is 11.1 Å². The van der Waals surface area contributed by atoms with Crippen molar-refractivity contribution in [2.45, 2.75) is 19.9 Å². The Morgan fingerprint density at radius 1 is 1.10 bits per heavy atom. The van der Waals surface area contributed by atoms with Gasteiger partial charge in [-0.3, -0.25) is 4.79 Å². The highest BCUT2D eigenvalue weighted by atomic mass is 16.1. The Balaban J connectivity index is 1.94. The first kappa shape index (κ1) is 14.3. The second-order valence-electron chi connectivity index (χ2n) is 4.91. The maximum atomic E-state index is 12.0. The number of hydrogen-bond donors (Lipinski definition) is 2. The molecule has 0 aromatic heterocycles. The van der Waals surface area contributed by atoms with E-state index in [1.165, 1.54) is 5.56 Å². The Kier molecular flexibility index (Phi) is 4.91. The molecule has 104 valence electrons. The molecule has 2 aromatic rings. The maximum absolute atomic E-state index is 12.0. The molecule has 20 heavy (non-hydrogen) atoms. The van der Waals surface area contributed by atoms with Crippen LogP contribution in [0, 0.1) is 6.92 Å². The van der Waals surface area contributed by atoms with Gasteiger partial charge in [0.05, 0.1) is 0 Å². The van der Waals surface area contributed by atoms with E-state index in [2.05, 4.69) is 11.4 Å². The summed E-state index contributed by atoms with van der Waals surface area (Å²) in [7, 11) is 0. The third kappa shape index (κ3) is 3.93. The smallest absolute Gasteiger partial charge is 0.251 e. The maximum Gasteiger partial charge on any atom is 0.251 e. The van der Waals surface area contributed by atoms with Crippen molar-refractivity contribution in [1.82, 2.24) is 5.32 Å². The molecule has 0 fully saturated rings. The van der Waals surface area contributed by atoms with Gasteiger partial charge in [-0.15, -0.1) is 0 Å². The van der Waals surface area contributed by atoms with Crippen molar-refractivity contribution in [1.29, 1.82) is 0 Å². The second-order valence-corrected chi connectivity index (χ2v) is 4.91. The summed E-state index contributed by atoms with van der Waals surface area (Å²) in [6.45, 7) is 3.21. The molecule has 0 radical (unpaired) electrons. The molecule has 0 saturated heterocycles. The Bertz CT molecular complexity index is 576. The van der Waals surface area contributed by atoms with Gasteiger partial charge in [0.25, 0.3) is 5.91 Å². The molecule has 0 aliphatic carbocycles. The molecular weight excluding hydrogens is 248 g/mol. The average molecular weight is 268 g/mol. The first-order chi connectivity index (χ1) is 9.69. The minimum absolute atomic E-state index is 0.0502. The van der Waals surface area contributed by atoms with E-state index in [-0.39, 0.29) is 5.91 Å². The standard InChI is InChI=1S/C17H20N2O/c1-13-3-2-4-15(11-13)12-19-17(20)16-7-5-14(6-8-16)9-10-18/h2-8,11H,9-10,12,18H2,1H3,(H,19,20). The van der Waals surface area contributed by atoms with Gasteiger partial charge in [0.1, 0.15) is 0 Å². The summed E-state index contributed by atoms with van der Waals surface area (Å²) < 4.78 is 0. The zero-order valence-corrected chi connectivity index (χ0v) is 11.7. The average Bonchev–Trinajstić information content (AvgIpc) is 2.46. The zero-order valence-electron chi connectivity index (χ0n) is 11.7. The largest absolute Gasteiger partial charge is 0.348 e. The first-order valence-electron chi connectivity index (χ1n) is 6.82. The van der Waals surface area contributed by atoms with Crippen LogP contribution in [-0.4, -0.2) is 12.5 Å². The zero-order chi connectivity index (χ0) is 14.4. The number of aryl methyl sites for hydroxylation is 1. The lowest BCUT2D eigenvalue weighted by Gasteiger charge is -2.07. The van der Waals surface area contributed by atoms with Gasteiger partial charge in [-0.2, -0.15) is 0 Å². The molecule has 2 aromatic carbocycles. The molecule has 3 N–H and O–H groups in total. The predicted octanol–water partition coefficient (Wildman–Crippen LogP) is 2.43. The van der Waals surface area contributed by atoms with Crippen LogP contribution in [-0.2, 0) is 13.0 Å². The summed E-state index contributed by atoms with van der Waals surface area (Å²) in [6.07, 6.45) is 0.838. The van der Waals surface area contributed by atoms with Gasteiger partial charge in [0, 0.05) is 12.1 Å². The molecule has 0 atom stereocenters. The number of carbonyl (C=O) groups is 1. The van der Waals surface area contributed by atoms with Gasteiger partial charge in [-0.05, 0) is 43.1 Å². The molecule has 0 bridgehead atoms. The van der Waals surface area contributed by atoms with E-state index >= 15 is 0 Å². The van der Waals surface area contributed by atoms with E-state index < -0.39 is 0 Å². The van der Waals surface area contributed by atoms with E-state index in [4.69, 9.17) is 5.73 Å². The normalized spacial score (nSPS) is 10.3. The fourth-order valence-electron chi connectivity index (χ4n) is 2.10. The van der Waals surface area contributed by atoms with E-state index in [0.717, 1.165) is 17.5 Å². The Morgan fingerprint density at radius 2 is 1.85 bits per heavy atom. The summed E-state index contributed by atoms with van der Waals surface area (Å²) in [5.74, 6) is -0.0502. The molecule has 3 heteroatoms. The minimum Gasteiger partial charge on any atom is -0.348 e. The van der Waals surface area contributed by atoms with Gasteiger partial charge >= 0.3 is 0 Å². The highest BCUT2D eigenvalue weighted by molar-refractivity contribution is 5.94. The summed E-state index contributed by atoms with van der Waals surface area (Å²) in [4.78, 5) is 12.0. The lowest BCUT2D eigenvalue weighted by Crippen LogP contribution is -2.22. The van der Waals surface area contributed by atoms with Crippen molar-refractivity contribution < 1.29 is 4.79 Å². The number of hydrogen-bond acceptors (Lipinski definition) is 2. The van der Waals surface area contributed by atoms with Crippen LogP contribution in [0.3, 0.4) is 0 Å².